The first kappa shape index (κ1) is 15.5. The molecular formula is C15H28N2O. The van der Waals surface area contributed by atoms with Gasteiger partial charge in [0.05, 0.1) is 11.5 Å². The van der Waals surface area contributed by atoms with Crippen LogP contribution < -0.4 is 5.32 Å². The smallest absolute Gasteiger partial charge is 0.0683 e. The normalized spacial score (nSPS) is 19.4. The van der Waals surface area contributed by atoms with Crippen LogP contribution in [-0.2, 0) is 0 Å². The fourth-order valence-corrected chi connectivity index (χ4v) is 2.76. The molecule has 0 spiro atoms. The van der Waals surface area contributed by atoms with E-state index in [1.165, 1.54) is 19.3 Å². The molecule has 3 nitrogen and oxygen atoms in total. The molecule has 1 rings (SSSR count). The third kappa shape index (κ3) is 4.96. The van der Waals surface area contributed by atoms with Gasteiger partial charge in [-0.3, -0.25) is 0 Å². The Morgan fingerprint density at radius 3 is 2.50 bits per heavy atom. The second-order valence-corrected chi connectivity index (χ2v) is 6.49. The zero-order valence-electron chi connectivity index (χ0n) is 12.0. The Kier molecular flexibility index (Phi) is 6.11. The fraction of sp³-hybridized carbons (Fsp3) is 0.933. The van der Waals surface area contributed by atoms with Crippen molar-refractivity contribution >= 4 is 0 Å². The molecule has 0 saturated heterocycles. The standard InChI is InChI=1S/C15H28N2O/c1-14(2,11-16)7-6-10-17-12-15(13-18)8-4-3-5-9-15/h17-18H,3-10,12-13H2,1-2H3. The number of aliphatic hydroxyl groups excluding tert-OH is 1. The maximum absolute atomic E-state index is 9.58. The Balaban J connectivity index is 2.18. The van der Waals surface area contributed by atoms with Crippen LogP contribution in [0, 0.1) is 22.2 Å². The van der Waals surface area contributed by atoms with Crippen molar-refractivity contribution in [2.75, 3.05) is 19.7 Å². The molecule has 0 amide bonds. The summed E-state index contributed by atoms with van der Waals surface area (Å²) in [6.45, 7) is 6.17. The van der Waals surface area contributed by atoms with E-state index in [0.29, 0.717) is 6.61 Å². The van der Waals surface area contributed by atoms with E-state index in [4.69, 9.17) is 5.26 Å². The van der Waals surface area contributed by atoms with Crippen LogP contribution in [0.1, 0.15) is 58.8 Å². The number of nitrogens with one attached hydrogen (secondary N) is 1. The van der Waals surface area contributed by atoms with E-state index in [1.54, 1.807) is 0 Å². The monoisotopic (exact) mass is 252 g/mol. The van der Waals surface area contributed by atoms with Crippen molar-refractivity contribution in [1.29, 1.82) is 5.26 Å². The minimum Gasteiger partial charge on any atom is -0.396 e. The molecule has 0 unspecified atom stereocenters. The van der Waals surface area contributed by atoms with Gasteiger partial charge in [0.2, 0.25) is 0 Å². The Bertz CT molecular complexity index is 275. The van der Waals surface area contributed by atoms with Gasteiger partial charge in [0.25, 0.3) is 0 Å². The van der Waals surface area contributed by atoms with Crippen molar-refractivity contribution in [2.45, 2.75) is 58.8 Å². The van der Waals surface area contributed by atoms with Gasteiger partial charge in [-0.1, -0.05) is 19.3 Å². The highest BCUT2D eigenvalue weighted by Crippen LogP contribution is 2.35. The Labute approximate surface area is 112 Å². The van der Waals surface area contributed by atoms with Gasteiger partial charge in [-0.25, -0.2) is 0 Å². The van der Waals surface area contributed by atoms with Gasteiger partial charge in [-0.15, -0.1) is 0 Å². The Hall–Kier alpha value is -0.590. The van der Waals surface area contributed by atoms with Crippen LogP contribution in [0.15, 0.2) is 0 Å². The summed E-state index contributed by atoms with van der Waals surface area (Å²) >= 11 is 0. The molecule has 3 heteroatoms. The van der Waals surface area contributed by atoms with E-state index < -0.39 is 0 Å². The molecule has 1 aliphatic rings. The summed E-state index contributed by atoms with van der Waals surface area (Å²) in [7, 11) is 0. The van der Waals surface area contributed by atoms with Crippen molar-refractivity contribution in [2.24, 2.45) is 10.8 Å². The highest BCUT2D eigenvalue weighted by molar-refractivity contribution is 4.91. The minimum atomic E-state index is -0.207. The van der Waals surface area contributed by atoms with Crippen LogP contribution in [0.2, 0.25) is 0 Å². The number of rotatable bonds is 7. The molecule has 0 aromatic heterocycles. The SMILES string of the molecule is CC(C)(C#N)CCCNCC1(CO)CCCCC1. The van der Waals surface area contributed by atoms with Crippen LogP contribution in [0.3, 0.4) is 0 Å². The number of hydrogen-bond donors (Lipinski definition) is 2. The largest absolute Gasteiger partial charge is 0.396 e. The summed E-state index contributed by atoms with van der Waals surface area (Å²) in [6.07, 6.45) is 8.09. The zero-order valence-corrected chi connectivity index (χ0v) is 12.0. The number of nitriles is 1. The molecule has 1 saturated carbocycles. The molecule has 0 bridgehead atoms. The van der Waals surface area contributed by atoms with Crippen LogP contribution in [0.25, 0.3) is 0 Å². The van der Waals surface area contributed by atoms with Gasteiger partial charge in [-0.2, -0.15) is 5.26 Å². The topological polar surface area (TPSA) is 56.0 Å². The third-order valence-corrected chi connectivity index (χ3v) is 4.21. The highest BCUT2D eigenvalue weighted by Gasteiger charge is 2.30. The van der Waals surface area contributed by atoms with Gasteiger partial charge >= 0.3 is 0 Å². The number of nitrogens with zero attached hydrogens (tertiary/aromatic N) is 1. The first-order chi connectivity index (χ1) is 8.54. The van der Waals surface area contributed by atoms with Gasteiger partial charge in [0, 0.05) is 18.6 Å². The molecular weight excluding hydrogens is 224 g/mol. The lowest BCUT2D eigenvalue weighted by molar-refractivity contribution is 0.0813. The molecule has 0 atom stereocenters. The molecule has 0 aromatic rings. The van der Waals surface area contributed by atoms with Crippen molar-refractivity contribution in [3.63, 3.8) is 0 Å². The summed E-state index contributed by atoms with van der Waals surface area (Å²) < 4.78 is 0. The summed E-state index contributed by atoms with van der Waals surface area (Å²) in [5.41, 5.74) is -0.0792. The average Bonchev–Trinajstić information content (AvgIpc) is 2.39. The Morgan fingerprint density at radius 2 is 1.94 bits per heavy atom. The third-order valence-electron chi connectivity index (χ3n) is 4.21. The van der Waals surface area contributed by atoms with Crippen molar-refractivity contribution in [3.8, 4) is 6.07 Å². The molecule has 1 fully saturated rings. The lowest BCUT2D eigenvalue weighted by Gasteiger charge is -2.35. The second-order valence-electron chi connectivity index (χ2n) is 6.49. The van der Waals surface area contributed by atoms with Gasteiger partial charge in [0.1, 0.15) is 0 Å². The molecule has 0 heterocycles. The quantitative estimate of drug-likeness (QED) is 0.685. The van der Waals surface area contributed by atoms with Gasteiger partial charge in [-0.05, 0) is 46.1 Å². The van der Waals surface area contributed by atoms with Gasteiger partial charge < -0.3 is 10.4 Å². The average molecular weight is 252 g/mol. The fourth-order valence-electron chi connectivity index (χ4n) is 2.76. The summed E-state index contributed by atoms with van der Waals surface area (Å²) in [4.78, 5) is 0. The van der Waals surface area contributed by atoms with E-state index in [1.807, 2.05) is 13.8 Å². The summed E-state index contributed by atoms with van der Waals surface area (Å²) in [5, 5.41) is 22.0. The highest BCUT2D eigenvalue weighted by atomic mass is 16.3. The molecule has 18 heavy (non-hydrogen) atoms. The van der Waals surface area contributed by atoms with E-state index in [9.17, 15) is 5.11 Å². The maximum Gasteiger partial charge on any atom is 0.0683 e. The summed E-state index contributed by atoms with van der Waals surface area (Å²) in [6, 6.07) is 2.33. The lowest BCUT2D eigenvalue weighted by atomic mass is 9.74. The maximum atomic E-state index is 9.58. The molecule has 104 valence electrons. The molecule has 2 N–H and O–H groups in total. The van der Waals surface area contributed by atoms with Crippen LogP contribution in [-0.4, -0.2) is 24.8 Å². The van der Waals surface area contributed by atoms with Crippen molar-refractivity contribution in [3.05, 3.63) is 0 Å². The number of hydrogen-bond acceptors (Lipinski definition) is 3. The zero-order chi connectivity index (χ0) is 13.5. The first-order valence-corrected chi connectivity index (χ1v) is 7.26. The first-order valence-electron chi connectivity index (χ1n) is 7.26. The minimum absolute atomic E-state index is 0.128. The number of aliphatic hydroxyl groups is 1. The lowest BCUT2D eigenvalue weighted by Crippen LogP contribution is -2.39. The molecule has 0 radical (unpaired) electrons. The molecule has 1 aliphatic carbocycles. The molecule has 0 aliphatic heterocycles. The second kappa shape index (κ2) is 7.11. The van der Waals surface area contributed by atoms with Crippen molar-refractivity contribution in [1.82, 2.24) is 5.32 Å². The predicted octanol–water partition coefficient (Wildman–Crippen LogP) is 2.85. The van der Waals surface area contributed by atoms with E-state index >= 15 is 0 Å². The van der Waals surface area contributed by atoms with Crippen LogP contribution in [0.4, 0.5) is 0 Å². The molecule has 0 aromatic carbocycles. The van der Waals surface area contributed by atoms with Crippen LogP contribution in [0.5, 0.6) is 0 Å². The van der Waals surface area contributed by atoms with Crippen LogP contribution >= 0.6 is 0 Å². The predicted molar refractivity (Wildman–Crippen MR) is 74.1 cm³/mol. The van der Waals surface area contributed by atoms with E-state index in [0.717, 1.165) is 38.8 Å². The van der Waals surface area contributed by atoms with Crippen molar-refractivity contribution < 1.29 is 5.11 Å². The van der Waals surface area contributed by atoms with Gasteiger partial charge in [0.15, 0.2) is 0 Å². The Morgan fingerprint density at radius 1 is 1.28 bits per heavy atom. The van der Waals surface area contributed by atoms with E-state index in [-0.39, 0.29) is 10.8 Å². The summed E-state index contributed by atoms with van der Waals surface area (Å²) in [5.74, 6) is 0. The van der Waals surface area contributed by atoms with E-state index in [2.05, 4.69) is 11.4 Å².